The molecule has 0 heterocycles. The van der Waals surface area contributed by atoms with Gasteiger partial charge in [0.2, 0.25) is 10.0 Å². The highest BCUT2D eigenvalue weighted by Crippen LogP contribution is 2.22. The summed E-state index contributed by atoms with van der Waals surface area (Å²) in [4.78, 5) is 11.9. The number of para-hydroxylation sites is 1. The lowest BCUT2D eigenvalue weighted by Crippen LogP contribution is -2.31. The monoisotopic (exact) mass is 372 g/mol. The van der Waals surface area contributed by atoms with Crippen molar-refractivity contribution in [1.29, 1.82) is 0 Å². The van der Waals surface area contributed by atoms with Gasteiger partial charge in [-0.25, -0.2) is 8.42 Å². The van der Waals surface area contributed by atoms with Gasteiger partial charge < -0.3 is 5.32 Å². The Morgan fingerprint density at radius 1 is 1.00 bits per heavy atom. The van der Waals surface area contributed by atoms with Crippen molar-refractivity contribution in [2.75, 3.05) is 17.0 Å². The minimum atomic E-state index is -3.54. The molecule has 0 saturated carbocycles. The standard InChI is InChI=1S/C15H14Cl2N2O3S/c16-13-7-6-11(10-14(13)17)15(20)18-8-9-23(21,22)19-12-4-2-1-3-5-12/h1-7,10,19H,8-9H2,(H,18,20). The zero-order valence-corrected chi connectivity index (χ0v) is 14.3. The summed E-state index contributed by atoms with van der Waals surface area (Å²) >= 11 is 11.6. The Bertz CT molecular complexity index is 796. The van der Waals surface area contributed by atoms with Crippen LogP contribution in [0.25, 0.3) is 0 Å². The van der Waals surface area contributed by atoms with Gasteiger partial charge in [-0.3, -0.25) is 9.52 Å². The fourth-order valence-electron chi connectivity index (χ4n) is 1.78. The lowest BCUT2D eigenvalue weighted by molar-refractivity contribution is 0.0956. The molecule has 0 aliphatic rings. The predicted octanol–water partition coefficient (Wildman–Crippen LogP) is 3.17. The number of carbonyl (C=O) groups is 1. The normalized spacial score (nSPS) is 11.0. The van der Waals surface area contributed by atoms with E-state index in [0.717, 1.165) is 0 Å². The van der Waals surface area contributed by atoms with E-state index < -0.39 is 15.9 Å². The quantitative estimate of drug-likeness (QED) is 0.817. The van der Waals surface area contributed by atoms with E-state index in [1.165, 1.54) is 18.2 Å². The van der Waals surface area contributed by atoms with Crippen molar-refractivity contribution in [3.8, 4) is 0 Å². The highest BCUT2D eigenvalue weighted by Gasteiger charge is 2.12. The number of amides is 1. The number of carbonyl (C=O) groups excluding carboxylic acids is 1. The van der Waals surface area contributed by atoms with Crippen molar-refractivity contribution in [3.05, 3.63) is 64.1 Å². The molecule has 0 aliphatic heterocycles. The Morgan fingerprint density at radius 3 is 2.35 bits per heavy atom. The predicted molar refractivity (Wildman–Crippen MR) is 92.6 cm³/mol. The fraction of sp³-hybridized carbons (Fsp3) is 0.133. The smallest absolute Gasteiger partial charge is 0.251 e. The van der Waals surface area contributed by atoms with Gasteiger partial charge in [0.25, 0.3) is 5.91 Å². The van der Waals surface area contributed by atoms with Crippen molar-refractivity contribution in [3.63, 3.8) is 0 Å². The summed E-state index contributed by atoms with van der Waals surface area (Å²) < 4.78 is 26.3. The number of rotatable bonds is 6. The summed E-state index contributed by atoms with van der Waals surface area (Å²) in [5.41, 5.74) is 0.788. The van der Waals surface area contributed by atoms with Crippen LogP contribution in [-0.4, -0.2) is 26.6 Å². The summed E-state index contributed by atoms with van der Waals surface area (Å²) in [6.45, 7) is -0.0265. The molecule has 0 unspecified atom stereocenters. The van der Waals surface area contributed by atoms with Crippen LogP contribution in [0.1, 0.15) is 10.4 Å². The first-order chi connectivity index (χ1) is 10.9. The maximum Gasteiger partial charge on any atom is 0.251 e. The number of hydrogen-bond donors (Lipinski definition) is 2. The third kappa shape index (κ3) is 5.42. The maximum absolute atomic E-state index is 11.9. The molecule has 2 N–H and O–H groups in total. The SMILES string of the molecule is O=C(NCCS(=O)(=O)Nc1ccccc1)c1ccc(Cl)c(Cl)c1. The Hall–Kier alpha value is -1.76. The number of anilines is 1. The Kier molecular flexibility index (Phi) is 5.87. The Morgan fingerprint density at radius 2 is 1.70 bits per heavy atom. The Balaban J connectivity index is 1.88. The largest absolute Gasteiger partial charge is 0.351 e. The maximum atomic E-state index is 11.9. The minimum absolute atomic E-state index is 0.0265. The molecule has 23 heavy (non-hydrogen) atoms. The second kappa shape index (κ2) is 7.68. The van der Waals surface area contributed by atoms with E-state index in [0.29, 0.717) is 16.3 Å². The zero-order chi connectivity index (χ0) is 16.9. The molecule has 0 radical (unpaired) electrons. The molecule has 0 bridgehead atoms. The van der Waals surface area contributed by atoms with E-state index in [1.807, 2.05) is 0 Å². The highest BCUT2D eigenvalue weighted by molar-refractivity contribution is 7.92. The topological polar surface area (TPSA) is 75.3 Å². The van der Waals surface area contributed by atoms with Gasteiger partial charge >= 0.3 is 0 Å². The first-order valence-corrected chi connectivity index (χ1v) is 9.07. The number of nitrogens with one attached hydrogen (secondary N) is 2. The van der Waals surface area contributed by atoms with Crippen molar-refractivity contribution in [2.45, 2.75) is 0 Å². The van der Waals surface area contributed by atoms with Gasteiger partial charge in [-0.2, -0.15) is 0 Å². The summed E-state index contributed by atoms with van der Waals surface area (Å²) in [5.74, 6) is -0.659. The zero-order valence-electron chi connectivity index (χ0n) is 11.9. The molecule has 0 fully saturated rings. The number of benzene rings is 2. The van der Waals surface area contributed by atoms with E-state index >= 15 is 0 Å². The van der Waals surface area contributed by atoms with Gasteiger partial charge in [-0.1, -0.05) is 41.4 Å². The number of halogens is 2. The van der Waals surface area contributed by atoms with Crippen LogP contribution in [-0.2, 0) is 10.0 Å². The molecule has 0 aromatic heterocycles. The summed E-state index contributed by atoms with van der Waals surface area (Å²) in [6, 6.07) is 13.0. The molecule has 1 amide bonds. The van der Waals surface area contributed by atoms with Crippen LogP contribution in [0.4, 0.5) is 5.69 Å². The van der Waals surface area contributed by atoms with E-state index in [2.05, 4.69) is 10.0 Å². The molecule has 5 nitrogen and oxygen atoms in total. The molecule has 122 valence electrons. The third-order valence-electron chi connectivity index (χ3n) is 2.89. The second-order valence-electron chi connectivity index (χ2n) is 4.67. The van der Waals surface area contributed by atoms with E-state index in [-0.39, 0.29) is 17.3 Å². The molecule has 2 rings (SSSR count). The molecule has 2 aromatic carbocycles. The Labute approximate surface area is 144 Å². The van der Waals surface area contributed by atoms with Gasteiger partial charge in [0.1, 0.15) is 0 Å². The van der Waals surface area contributed by atoms with Crippen LogP contribution in [0.3, 0.4) is 0 Å². The molecule has 0 saturated heterocycles. The van der Waals surface area contributed by atoms with Crippen LogP contribution in [0.5, 0.6) is 0 Å². The van der Waals surface area contributed by atoms with Crippen LogP contribution in [0.15, 0.2) is 48.5 Å². The lowest BCUT2D eigenvalue weighted by atomic mass is 10.2. The van der Waals surface area contributed by atoms with Gasteiger partial charge in [-0.15, -0.1) is 0 Å². The first kappa shape index (κ1) is 17.6. The first-order valence-electron chi connectivity index (χ1n) is 6.66. The molecular formula is C15H14Cl2N2O3S. The van der Waals surface area contributed by atoms with E-state index in [9.17, 15) is 13.2 Å². The van der Waals surface area contributed by atoms with Gasteiger partial charge in [0, 0.05) is 17.8 Å². The van der Waals surface area contributed by atoms with E-state index in [1.54, 1.807) is 30.3 Å². The van der Waals surface area contributed by atoms with Gasteiger partial charge in [0.05, 0.1) is 15.8 Å². The highest BCUT2D eigenvalue weighted by atomic mass is 35.5. The average molecular weight is 373 g/mol. The van der Waals surface area contributed by atoms with Crippen LogP contribution < -0.4 is 10.0 Å². The van der Waals surface area contributed by atoms with Crippen molar-refractivity contribution in [2.24, 2.45) is 0 Å². The lowest BCUT2D eigenvalue weighted by Gasteiger charge is -2.09. The van der Waals surface area contributed by atoms with Crippen LogP contribution >= 0.6 is 23.2 Å². The van der Waals surface area contributed by atoms with Crippen molar-refractivity contribution >= 4 is 44.8 Å². The van der Waals surface area contributed by atoms with Crippen LogP contribution in [0, 0.1) is 0 Å². The molecule has 2 aromatic rings. The van der Waals surface area contributed by atoms with Crippen molar-refractivity contribution < 1.29 is 13.2 Å². The summed E-state index contributed by atoms with van der Waals surface area (Å²) in [6.07, 6.45) is 0. The number of sulfonamides is 1. The average Bonchev–Trinajstić information content (AvgIpc) is 2.50. The summed E-state index contributed by atoms with van der Waals surface area (Å²) in [5, 5.41) is 3.13. The van der Waals surface area contributed by atoms with E-state index in [4.69, 9.17) is 23.2 Å². The molecule has 0 atom stereocenters. The fourth-order valence-corrected chi connectivity index (χ4v) is 3.04. The van der Waals surface area contributed by atoms with Gasteiger partial charge in [-0.05, 0) is 30.3 Å². The van der Waals surface area contributed by atoms with Crippen LogP contribution in [0.2, 0.25) is 10.0 Å². The molecule has 0 aliphatic carbocycles. The summed E-state index contributed by atoms with van der Waals surface area (Å²) in [7, 11) is -3.54. The molecule has 0 spiro atoms. The third-order valence-corrected chi connectivity index (χ3v) is 4.91. The van der Waals surface area contributed by atoms with Crippen molar-refractivity contribution in [1.82, 2.24) is 5.32 Å². The second-order valence-corrected chi connectivity index (χ2v) is 7.33. The van der Waals surface area contributed by atoms with Gasteiger partial charge in [0.15, 0.2) is 0 Å². The molecule has 8 heteroatoms. The minimum Gasteiger partial charge on any atom is -0.351 e. The molecular weight excluding hydrogens is 359 g/mol. The number of hydrogen-bond acceptors (Lipinski definition) is 3.